The van der Waals surface area contributed by atoms with Crippen LogP contribution in [0.4, 0.5) is 0 Å². The molecule has 0 bridgehead atoms. The molecule has 0 spiro atoms. The maximum atomic E-state index is 3.57. The zero-order valence-corrected chi connectivity index (χ0v) is 10.4. The Bertz CT molecular complexity index is 141. The number of likely N-dealkylation sites (tertiary alicyclic amines) is 1. The minimum Gasteiger partial charge on any atom is -0.316 e. The van der Waals surface area contributed by atoms with Crippen LogP contribution in [0.5, 0.6) is 0 Å². The van der Waals surface area contributed by atoms with E-state index in [0.717, 1.165) is 5.92 Å². The molecule has 0 radical (unpaired) electrons. The predicted octanol–water partition coefficient (Wildman–Crippen LogP) is 1.67. The number of nitrogens with one attached hydrogen (secondary N) is 1. The normalized spacial score (nSPS) is 24.0. The molecule has 14 heavy (non-hydrogen) atoms. The molecule has 2 nitrogen and oxygen atoms in total. The van der Waals surface area contributed by atoms with E-state index >= 15 is 0 Å². The van der Waals surface area contributed by atoms with E-state index in [2.05, 4.69) is 23.5 Å². The molecule has 1 saturated heterocycles. The van der Waals surface area contributed by atoms with Gasteiger partial charge in [0.25, 0.3) is 0 Å². The van der Waals surface area contributed by atoms with Crippen LogP contribution < -0.4 is 5.32 Å². The third kappa shape index (κ3) is 5.23. The summed E-state index contributed by atoms with van der Waals surface area (Å²) in [6.45, 7) is 5.00. The lowest BCUT2D eigenvalue weighted by molar-refractivity contribution is 0.206. The SMILES string of the molecule is CSCCCNCC1CCCN(C)C1. The molecule has 84 valence electrons. The summed E-state index contributed by atoms with van der Waals surface area (Å²) in [5.41, 5.74) is 0. The Labute approximate surface area is 92.8 Å². The van der Waals surface area contributed by atoms with Crippen molar-refractivity contribution in [3.05, 3.63) is 0 Å². The van der Waals surface area contributed by atoms with Crippen molar-refractivity contribution in [1.29, 1.82) is 0 Å². The van der Waals surface area contributed by atoms with Crippen LogP contribution >= 0.6 is 11.8 Å². The summed E-state index contributed by atoms with van der Waals surface area (Å²) in [6.07, 6.45) is 6.29. The summed E-state index contributed by atoms with van der Waals surface area (Å²) in [4.78, 5) is 2.46. The summed E-state index contributed by atoms with van der Waals surface area (Å²) in [6, 6.07) is 0. The first-order valence-electron chi connectivity index (χ1n) is 5.71. The van der Waals surface area contributed by atoms with Crippen LogP contribution in [-0.4, -0.2) is 50.1 Å². The highest BCUT2D eigenvalue weighted by molar-refractivity contribution is 7.98. The molecule has 0 aliphatic carbocycles. The molecule has 0 aromatic carbocycles. The van der Waals surface area contributed by atoms with Crippen molar-refractivity contribution < 1.29 is 0 Å². The van der Waals surface area contributed by atoms with E-state index in [1.807, 2.05) is 11.8 Å². The number of hydrogen-bond acceptors (Lipinski definition) is 3. The van der Waals surface area contributed by atoms with Gasteiger partial charge in [0.05, 0.1) is 0 Å². The van der Waals surface area contributed by atoms with E-state index in [1.165, 1.54) is 51.2 Å². The minimum atomic E-state index is 0.892. The van der Waals surface area contributed by atoms with E-state index in [-0.39, 0.29) is 0 Å². The first-order valence-corrected chi connectivity index (χ1v) is 7.10. The van der Waals surface area contributed by atoms with Crippen LogP contribution in [0.1, 0.15) is 19.3 Å². The fourth-order valence-corrected chi connectivity index (χ4v) is 2.52. The highest BCUT2D eigenvalue weighted by atomic mass is 32.2. The summed E-state index contributed by atoms with van der Waals surface area (Å²) in [5.74, 6) is 2.18. The van der Waals surface area contributed by atoms with Gasteiger partial charge in [0.1, 0.15) is 0 Å². The molecule has 1 fully saturated rings. The second kappa shape index (κ2) is 7.55. The molecule has 0 aromatic heterocycles. The molecule has 1 aliphatic heterocycles. The summed E-state index contributed by atoms with van der Waals surface area (Å²) < 4.78 is 0. The van der Waals surface area contributed by atoms with Gasteiger partial charge in [-0.3, -0.25) is 0 Å². The average molecular weight is 216 g/mol. The molecule has 1 atom stereocenters. The Balaban J connectivity index is 1.95. The van der Waals surface area contributed by atoms with E-state index in [1.54, 1.807) is 0 Å². The summed E-state index contributed by atoms with van der Waals surface area (Å²) in [5, 5.41) is 3.57. The van der Waals surface area contributed by atoms with E-state index in [4.69, 9.17) is 0 Å². The topological polar surface area (TPSA) is 15.3 Å². The van der Waals surface area contributed by atoms with Crippen LogP contribution in [0, 0.1) is 5.92 Å². The molecule has 1 rings (SSSR count). The highest BCUT2D eigenvalue weighted by Crippen LogP contribution is 2.13. The molecule has 1 N–H and O–H groups in total. The number of thioether (sulfide) groups is 1. The average Bonchev–Trinajstić information content (AvgIpc) is 2.18. The van der Waals surface area contributed by atoms with E-state index in [9.17, 15) is 0 Å². The van der Waals surface area contributed by atoms with Crippen LogP contribution in [0.25, 0.3) is 0 Å². The van der Waals surface area contributed by atoms with Gasteiger partial charge in [-0.15, -0.1) is 0 Å². The number of rotatable bonds is 6. The Kier molecular flexibility index (Phi) is 6.65. The monoisotopic (exact) mass is 216 g/mol. The van der Waals surface area contributed by atoms with Gasteiger partial charge in [-0.2, -0.15) is 11.8 Å². The third-order valence-corrected chi connectivity index (χ3v) is 3.55. The smallest absolute Gasteiger partial charge is 0.00187 e. The largest absolute Gasteiger partial charge is 0.316 e. The number of hydrogen-bond donors (Lipinski definition) is 1. The maximum Gasteiger partial charge on any atom is 0.00187 e. The van der Waals surface area contributed by atoms with Crippen molar-refractivity contribution in [1.82, 2.24) is 10.2 Å². The van der Waals surface area contributed by atoms with Crippen molar-refractivity contribution in [2.75, 3.05) is 45.2 Å². The Hall–Kier alpha value is 0.270. The lowest BCUT2D eigenvalue weighted by atomic mass is 9.98. The van der Waals surface area contributed by atoms with Crippen LogP contribution in [0.2, 0.25) is 0 Å². The van der Waals surface area contributed by atoms with Gasteiger partial charge in [-0.1, -0.05) is 0 Å². The molecule has 1 aliphatic rings. The lowest BCUT2D eigenvalue weighted by Crippen LogP contribution is -2.37. The van der Waals surface area contributed by atoms with Crippen molar-refractivity contribution in [3.63, 3.8) is 0 Å². The molecule has 1 heterocycles. The molecule has 1 unspecified atom stereocenters. The molecule has 0 amide bonds. The molecule has 0 saturated carbocycles. The van der Waals surface area contributed by atoms with Gasteiger partial charge < -0.3 is 10.2 Å². The second-order valence-electron chi connectivity index (χ2n) is 4.32. The maximum absolute atomic E-state index is 3.57. The fraction of sp³-hybridized carbons (Fsp3) is 1.00. The van der Waals surface area contributed by atoms with Gasteiger partial charge in [0, 0.05) is 6.54 Å². The number of piperidine rings is 1. The summed E-state index contributed by atoms with van der Waals surface area (Å²) >= 11 is 1.94. The number of nitrogens with zero attached hydrogens (tertiary/aromatic N) is 1. The third-order valence-electron chi connectivity index (χ3n) is 2.86. The Morgan fingerprint density at radius 1 is 1.50 bits per heavy atom. The van der Waals surface area contributed by atoms with Gasteiger partial charge in [0.15, 0.2) is 0 Å². The Morgan fingerprint density at radius 3 is 3.07 bits per heavy atom. The first kappa shape index (κ1) is 12.3. The molecular weight excluding hydrogens is 192 g/mol. The van der Waals surface area contributed by atoms with Crippen molar-refractivity contribution >= 4 is 11.8 Å². The zero-order valence-electron chi connectivity index (χ0n) is 9.59. The van der Waals surface area contributed by atoms with Crippen LogP contribution in [0.15, 0.2) is 0 Å². The zero-order chi connectivity index (χ0) is 10.2. The Morgan fingerprint density at radius 2 is 2.36 bits per heavy atom. The fourth-order valence-electron chi connectivity index (χ4n) is 2.09. The van der Waals surface area contributed by atoms with Gasteiger partial charge in [-0.25, -0.2) is 0 Å². The van der Waals surface area contributed by atoms with Gasteiger partial charge in [-0.05, 0) is 63.9 Å². The van der Waals surface area contributed by atoms with Crippen molar-refractivity contribution in [3.8, 4) is 0 Å². The van der Waals surface area contributed by atoms with E-state index in [0.29, 0.717) is 0 Å². The van der Waals surface area contributed by atoms with Crippen LogP contribution in [-0.2, 0) is 0 Å². The standard InChI is InChI=1S/C11H24N2S/c1-13-7-3-5-11(10-13)9-12-6-4-8-14-2/h11-12H,3-10H2,1-2H3. The van der Waals surface area contributed by atoms with Crippen molar-refractivity contribution in [2.45, 2.75) is 19.3 Å². The van der Waals surface area contributed by atoms with Gasteiger partial charge >= 0.3 is 0 Å². The molecular formula is C11H24N2S. The van der Waals surface area contributed by atoms with Gasteiger partial charge in [0.2, 0.25) is 0 Å². The lowest BCUT2D eigenvalue weighted by Gasteiger charge is -2.29. The van der Waals surface area contributed by atoms with Crippen LogP contribution in [0.3, 0.4) is 0 Å². The second-order valence-corrected chi connectivity index (χ2v) is 5.31. The minimum absolute atomic E-state index is 0.892. The summed E-state index contributed by atoms with van der Waals surface area (Å²) in [7, 11) is 2.24. The quantitative estimate of drug-likeness (QED) is 0.680. The highest BCUT2D eigenvalue weighted by Gasteiger charge is 2.15. The van der Waals surface area contributed by atoms with E-state index < -0.39 is 0 Å². The first-order chi connectivity index (χ1) is 6.83. The predicted molar refractivity (Wildman–Crippen MR) is 66.1 cm³/mol. The molecule has 3 heteroatoms. The van der Waals surface area contributed by atoms with Crippen molar-refractivity contribution in [2.24, 2.45) is 5.92 Å². The molecule has 0 aromatic rings.